The summed E-state index contributed by atoms with van der Waals surface area (Å²) in [4.78, 5) is 1.51. The maximum atomic E-state index is 3.63. The summed E-state index contributed by atoms with van der Waals surface area (Å²) in [5, 5.41) is 5.80. The van der Waals surface area contributed by atoms with E-state index in [1.165, 1.54) is 24.1 Å². The molecule has 2 heteroatoms. The molecule has 0 aliphatic carbocycles. The minimum atomic E-state index is 0.656. The second-order valence-corrected chi connectivity index (χ2v) is 5.06. The van der Waals surface area contributed by atoms with Gasteiger partial charge in [0.15, 0.2) is 0 Å². The fourth-order valence-corrected chi connectivity index (χ4v) is 2.94. The Morgan fingerprint density at radius 1 is 1.27 bits per heavy atom. The van der Waals surface area contributed by atoms with Gasteiger partial charge < -0.3 is 5.32 Å². The largest absolute Gasteiger partial charge is 0.314 e. The van der Waals surface area contributed by atoms with Gasteiger partial charge in [-0.15, -0.1) is 11.3 Å². The Labute approximate surface area is 97.9 Å². The number of hydrogen-bond donors (Lipinski definition) is 1. The van der Waals surface area contributed by atoms with E-state index in [0.717, 1.165) is 12.5 Å². The first-order valence-electron chi connectivity index (χ1n) is 6.07. The van der Waals surface area contributed by atoms with Crippen molar-refractivity contribution in [2.75, 3.05) is 6.54 Å². The normalized spacial score (nSPS) is 13.3. The van der Waals surface area contributed by atoms with Gasteiger partial charge in [0.1, 0.15) is 0 Å². The van der Waals surface area contributed by atoms with Crippen molar-refractivity contribution in [1.82, 2.24) is 5.32 Å². The third kappa shape index (κ3) is 3.96. The van der Waals surface area contributed by atoms with Crippen molar-refractivity contribution in [2.45, 2.75) is 46.1 Å². The highest BCUT2D eigenvalue weighted by Crippen LogP contribution is 2.19. The van der Waals surface area contributed by atoms with E-state index in [4.69, 9.17) is 0 Å². The molecule has 1 rings (SSSR count). The van der Waals surface area contributed by atoms with E-state index in [1.807, 2.05) is 11.3 Å². The Hall–Kier alpha value is -0.340. The van der Waals surface area contributed by atoms with Crippen LogP contribution >= 0.6 is 11.3 Å². The first-order valence-corrected chi connectivity index (χ1v) is 6.95. The lowest BCUT2D eigenvalue weighted by molar-refractivity contribution is 0.338. The molecule has 1 N–H and O–H groups in total. The van der Waals surface area contributed by atoms with Gasteiger partial charge in [-0.1, -0.05) is 39.7 Å². The van der Waals surface area contributed by atoms with Crippen molar-refractivity contribution in [3.8, 4) is 0 Å². The van der Waals surface area contributed by atoms with Gasteiger partial charge in [0.05, 0.1) is 0 Å². The maximum absolute atomic E-state index is 3.63. The molecule has 0 aliphatic rings. The van der Waals surface area contributed by atoms with Crippen molar-refractivity contribution < 1.29 is 0 Å². The van der Waals surface area contributed by atoms with Crippen molar-refractivity contribution in [2.24, 2.45) is 5.92 Å². The van der Waals surface area contributed by atoms with Crippen LogP contribution in [0.1, 0.15) is 38.5 Å². The zero-order valence-electron chi connectivity index (χ0n) is 10.1. The van der Waals surface area contributed by atoms with Crippen molar-refractivity contribution in [3.63, 3.8) is 0 Å². The molecule has 0 saturated carbocycles. The van der Waals surface area contributed by atoms with E-state index >= 15 is 0 Å². The van der Waals surface area contributed by atoms with Crippen LogP contribution in [0.3, 0.4) is 0 Å². The SMILES string of the molecule is CCNC(Cc1cccs1)C(CC)CC. The number of rotatable bonds is 7. The van der Waals surface area contributed by atoms with Crippen LogP contribution in [0.2, 0.25) is 0 Å². The highest BCUT2D eigenvalue weighted by Gasteiger charge is 2.17. The summed E-state index contributed by atoms with van der Waals surface area (Å²) in [5.41, 5.74) is 0. The first-order chi connectivity index (χ1) is 7.31. The van der Waals surface area contributed by atoms with Crippen molar-refractivity contribution >= 4 is 11.3 Å². The van der Waals surface area contributed by atoms with Gasteiger partial charge in [-0.05, 0) is 30.3 Å². The summed E-state index contributed by atoms with van der Waals surface area (Å²) >= 11 is 1.88. The molecule has 1 nitrogen and oxygen atoms in total. The van der Waals surface area contributed by atoms with Crippen LogP contribution in [0.25, 0.3) is 0 Å². The standard InChI is InChI=1S/C13H23NS/c1-4-11(5-2)13(14-6-3)10-12-8-7-9-15-12/h7-9,11,13-14H,4-6,10H2,1-3H3. The predicted molar refractivity (Wildman–Crippen MR) is 69.6 cm³/mol. The fourth-order valence-electron chi connectivity index (χ4n) is 2.17. The van der Waals surface area contributed by atoms with Crippen LogP contribution in [0.15, 0.2) is 17.5 Å². The monoisotopic (exact) mass is 225 g/mol. The highest BCUT2D eigenvalue weighted by molar-refractivity contribution is 7.09. The number of nitrogens with one attached hydrogen (secondary N) is 1. The summed E-state index contributed by atoms with van der Waals surface area (Å²) in [6.07, 6.45) is 3.75. The molecule has 15 heavy (non-hydrogen) atoms. The average molecular weight is 225 g/mol. The summed E-state index contributed by atoms with van der Waals surface area (Å²) < 4.78 is 0. The van der Waals surface area contributed by atoms with E-state index in [9.17, 15) is 0 Å². The third-order valence-electron chi connectivity index (χ3n) is 3.09. The third-order valence-corrected chi connectivity index (χ3v) is 3.98. The van der Waals surface area contributed by atoms with Crippen LogP contribution in [0, 0.1) is 5.92 Å². The lowest BCUT2D eigenvalue weighted by Crippen LogP contribution is -2.37. The van der Waals surface area contributed by atoms with E-state index < -0.39 is 0 Å². The molecule has 0 saturated heterocycles. The van der Waals surface area contributed by atoms with E-state index in [-0.39, 0.29) is 0 Å². The van der Waals surface area contributed by atoms with Gasteiger partial charge in [-0.3, -0.25) is 0 Å². The van der Waals surface area contributed by atoms with Gasteiger partial charge in [0.25, 0.3) is 0 Å². The Morgan fingerprint density at radius 2 is 2.00 bits per heavy atom. The molecule has 0 bridgehead atoms. The molecular formula is C13H23NS. The molecule has 1 heterocycles. The van der Waals surface area contributed by atoms with Gasteiger partial charge in [-0.2, -0.15) is 0 Å². The number of thiophene rings is 1. The molecule has 0 spiro atoms. The van der Waals surface area contributed by atoms with E-state index in [2.05, 4.69) is 43.6 Å². The Morgan fingerprint density at radius 3 is 2.47 bits per heavy atom. The predicted octanol–water partition coefficient (Wildman–Crippen LogP) is 3.70. The molecule has 0 aromatic carbocycles. The van der Waals surface area contributed by atoms with Crippen molar-refractivity contribution in [3.05, 3.63) is 22.4 Å². The summed E-state index contributed by atoms with van der Waals surface area (Å²) in [5.74, 6) is 0.812. The topological polar surface area (TPSA) is 12.0 Å². The number of likely N-dealkylation sites (N-methyl/N-ethyl adjacent to an activating group) is 1. The first kappa shape index (κ1) is 12.7. The molecule has 1 atom stereocenters. The molecule has 1 aromatic rings. The number of hydrogen-bond acceptors (Lipinski definition) is 2. The Kier molecular flexibility index (Phi) is 5.96. The lowest BCUT2D eigenvalue weighted by Gasteiger charge is -2.25. The minimum Gasteiger partial charge on any atom is -0.314 e. The maximum Gasteiger partial charge on any atom is 0.0143 e. The van der Waals surface area contributed by atoms with Crippen LogP contribution in [-0.2, 0) is 6.42 Å². The summed E-state index contributed by atoms with van der Waals surface area (Å²) in [7, 11) is 0. The van der Waals surface area contributed by atoms with Gasteiger partial charge in [0.2, 0.25) is 0 Å². The summed E-state index contributed by atoms with van der Waals surface area (Å²) in [6.45, 7) is 7.87. The van der Waals surface area contributed by atoms with Gasteiger partial charge >= 0.3 is 0 Å². The second kappa shape index (κ2) is 7.02. The molecule has 0 fully saturated rings. The molecule has 1 aromatic heterocycles. The van der Waals surface area contributed by atoms with Gasteiger partial charge in [-0.25, -0.2) is 0 Å². The molecule has 0 radical (unpaired) electrons. The zero-order valence-corrected chi connectivity index (χ0v) is 10.9. The molecule has 0 amide bonds. The van der Waals surface area contributed by atoms with E-state index in [1.54, 1.807) is 0 Å². The Balaban J connectivity index is 2.56. The second-order valence-electron chi connectivity index (χ2n) is 4.02. The molecule has 1 unspecified atom stereocenters. The smallest absolute Gasteiger partial charge is 0.0143 e. The molecule has 86 valence electrons. The lowest BCUT2D eigenvalue weighted by atomic mass is 9.91. The van der Waals surface area contributed by atoms with E-state index in [0.29, 0.717) is 6.04 Å². The summed E-state index contributed by atoms with van der Waals surface area (Å²) in [6, 6.07) is 5.05. The van der Waals surface area contributed by atoms with Crippen LogP contribution in [-0.4, -0.2) is 12.6 Å². The minimum absolute atomic E-state index is 0.656. The van der Waals surface area contributed by atoms with Crippen LogP contribution < -0.4 is 5.32 Å². The Bertz CT molecular complexity index is 239. The van der Waals surface area contributed by atoms with Gasteiger partial charge in [0, 0.05) is 10.9 Å². The van der Waals surface area contributed by atoms with Crippen LogP contribution in [0.5, 0.6) is 0 Å². The molecule has 0 aliphatic heterocycles. The van der Waals surface area contributed by atoms with Crippen LogP contribution in [0.4, 0.5) is 0 Å². The van der Waals surface area contributed by atoms with Crippen molar-refractivity contribution in [1.29, 1.82) is 0 Å². The fraction of sp³-hybridized carbons (Fsp3) is 0.692. The zero-order chi connectivity index (χ0) is 11.1. The highest BCUT2D eigenvalue weighted by atomic mass is 32.1. The molecular weight excluding hydrogens is 202 g/mol. The average Bonchev–Trinajstić information content (AvgIpc) is 2.72. The quantitative estimate of drug-likeness (QED) is 0.746.